The van der Waals surface area contributed by atoms with E-state index < -0.39 is 17.2 Å². The molecule has 9 heteroatoms. The van der Waals surface area contributed by atoms with Gasteiger partial charge in [0.2, 0.25) is 5.91 Å². The molecule has 1 saturated heterocycles. The van der Waals surface area contributed by atoms with Gasteiger partial charge in [-0.05, 0) is 55.8 Å². The van der Waals surface area contributed by atoms with Crippen molar-refractivity contribution in [2.24, 2.45) is 0 Å². The van der Waals surface area contributed by atoms with Crippen LogP contribution in [0.3, 0.4) is 0 Å². The summed E-state index contributed by atoms with van der Waals surface area (Å²) in [7, 11) is 0. The van der Waals surface area contributed by atoms with Crippen LogP contribution < -0.4 is 9.47 Å². The van der Waals surface area contributed by atoms with Crippen molar-refractivity contribution in [3.63, 3.8) is 0 Å². The Hall–Kier alpha value is -3.23. The van der Waals surface area contributed by atoms with E-state index in [0.717, 1.165) is 17.7 Å². The molecule has 2 aliphatic rings. The van der Waals surface area contributed by atoms with E-state index in [1.807, 2.05) is 26.0 Å². The average Bonchev–Trinajstić information content (AvgIpc) is 2.82. The van der Waals surface area contributed by atoms with Gasteiger partial charge in [0.1, 0.15) is 13.2 Å². The van der Waals surface area contributed by atoms with Crippen LogP contribution >= 0.6 is 0 Å². The molecule has 33 heavy (non-hydrogen) atoms. The first-order valence-corrected chi connectivity index (χ1v) is 10.7. The van der Waals surface area contributed by atoms with Crippen molar-refractivity contribution in [1.82, 2.24) is 9.80 Å². The van der Waals surface area contributed by atoms with Crippen LogP contribution in [0.25, 0.3) is 0 Å². The highest BCUT2D eigenvalue weighted by Crippen LogP contribution is 2.36. The minimum Gasteiger partial charge on any atom is -0.486 e. The molecule has 0 bridgehead atoms. The molecule has 6 nitrogen and oxygen atoms in total. The Morgan fingerprint density at radius 2 is 1.33 bits per heavy atom. The quantitative estimate of drug-likeness (QED) is 0.698. The second-order valence-corrected chi connectivity index (χ2v) is 8.64. The lowest BCUT2D eigenvalue weighted by Crippen LogP contribution is -2.54. The van der Waals surface area contributed by atoms with Gasteiger partial charge in [-0.2, -0.15) is 13.2 Å². The van der Waals surface area contributed by atoms with E-state index in [1.165, 1.54) is 12.1 Å². The molecule has 2 aromatic rings. The van der Waals surface area contributed by atoms with Crippen LogP contribution in [0.15, 0.2) is 42.5 Å². The fourth-order valence-corrected chi connectivity index (χ4v) is 4.05. The third-order valence-corrected chi connectivity index (χ3v) is 6.11. The van der Waals surface area contributed by atoms with Gasteiger partial charge in [-0.1, -0.05) is 6.07 Å². The number of benzene rings is 2. The Kier molecular flexibility index (Phi) is 5.99. The molecule has 0 N–H and O–H groups in total. The van der Waals surface area contributed by atoms with Crippen LogP contribution in [-0.2, 0) is 16.4 Å². The van der Waals surface area contributed by atoms with Gasteiger partial charge in [-0.25, -0.2) is 0 Å². The van der Waals surface area contributed by atoms with Gasteiger partial charge in [0.15, 0.2) is 11.5 Å². The summed E-state index contributed by atoms with van der Waals surface area (Å²) >= 11 is 0. The predicted molar refractivity (Wildman–Crippen MR) is 114 cm³/mol. The summed E-state index contributed by atoms with van der Waals surface area (Å²) in [6.45, 7) is 5.95. The fourth-order valence-electron chi connectivity index (χ4n) is 4.05. The third kappa shape index (κ3) is 4.62. The fraction of sp³-hybridized carbons (Fsp3) is 0.417. The zero-order valence-corrected chi connectivity index (χ0v) is 18.4. The van der Waals surface area contributed by atoms with Gasteiger partial charge in [-0.15, -0.1) is 0 Å². The molecular weight excluding hydrogens is 437 g/mol. The molecule has 0 atom stereocenters. The van der Waals surface area contributed by atoms with Crippen molar-refractivity contribution < 1.29 is 32.2 Å². The number of hydrogen-bond acceptors (Lipinski definition) is 4. The van der Waals surface area contributed by atoms with Crippen LogP contribution in [0, 0.1) is 0 Å². The smallest absolute Gasteiger partial charge is 0.416 e. The molecule has 0 aromatic heterocycles. The van der Waals surface area contributed by atoms with Crippen molar-refractivity contribution in [1.29, 1.82) is 0 Å². The van der Waals surface area contributed by atoms with Crippen molar-refractivity contribution in [2.75, 3.05) is 39.4 Å². The first-order valence-electron chi connectivity index (χ1n) is 10.7. The van der Waals surface area contributed by atoms with Crippen LogP contribution in [0.4, 0.5) is 13.2 Å². The van der Waals surface area contributed by atoms with E-state index in [9.17, 15) is 22.8 Å². The molecule has 0 unspecified atom stereocenters. The van der Waals surface area contributed by atoms with E-state index >= 15 is 0 Å². The summed E-state index contributed by atoms with van der Waals surface area (Å²) in [5.74, 6) is 0.859. The lowest BCUT2D eigenvalue weighted by Gasteiger charge is -2.39. The summed E-state index contributed by atoms with van der Waals surface area (Å²) in [5.41, 5.74) is -0.606. The first kappa shape index (κ1) is 22.9. The molecule has 4 rings (SSSR count). The summed E-state index contributed by atoms with van der Waals surface area (Å²) in [5, 5.41) is 0. The van der Waals surface area contributed by atoms with Crippen molar-refractivity contribution in [3.8, 4) is 11.5 Å². The summed E-state index contributed by atoms with van der Waals surface area (Å²) in [6.07, 6.45) is -4.45. The molecule has 2 heterocycles. The summed E-state index contributed by atoms with van der Waals surface area (Å²) in [6, 6.07) is 9.68. The lowest BCUT2D eigenvalue weighted by molar-refractivity contribution is -0.138. The maximum Gasteiger partial charge on any atom is 0.416 e. The topological polar surface area (TPSA) is 59.1 Å². The number of carbonyl (C=O) groups is 2. The molecule has 0 radical (unpaired) electrons. The molecule has 1 fully saturated rings. The Labute approximate surface area is 189 Å². The van der Waals surface area contributed by atoms with Crippen LogP contribution in [0.2, 0.25) is 0 Å². The Morgan fingerprint density at radius 3 is 1.94 bits per heavy atom. The zero-order chi connectivity index (χ0) is 23.8. The number of hydrogen-bond donors (Lipinski definition) is 0. The normalized spacial score (nSPS) is 16.5. The van der Waals surface area contributed by atoms with Crippen molar-refractivity contribution in [3.05, 3.63) is 59.2 Å². The lowest BCUT2D eigenvalue weighted by atomic mass is 9.82. The highest BCUT2D eigenvalue weighted by Gasteiger charge is 2.37. The molecule has 2 aromatic carbocycles. The molecule has 0 saturated carbocycles. The zero-order valence-electron chi connectivity index (χ0n) is 18.4. The minimum absolute atomic E-state index is 0.0687. The first-order chi connectivity index (χ1) is 15.6. The van der Waals surface area contributed by atoms with Gasteiger partial charge >= 0.3 is 6.18 Å². The minimum atomic E-state index is -4.45. The molecule has 176 valence electrons. The summed E-state index contributed by atoms with van der Waals surface area (Å²) < 4.78 is 49.4. The molecule has 0 spiro atoms. The maximum atomic E-state index is 13.3. The number of carbonyl (C=O) groups excluding carboxylic acids is 2. The number of ether oxygens (including phenoxy) is 2. The van der Waals surface area contributed by atoms with Gasteiger partial charge in [0.05, 0.1) is 11.0 Å². The van der Waals surface area contributed by atoms with Crippen molar-refractivity contribution >= 4 is 11.8 Å². The maximum absolute atomic E-state index is 13.3. The number of alkyl halides is 3. The largest absolute Gasteiger partial charge is 0.486 e. The number of nitrogens with zero attached hydrogens (tertiary/aromatic N) is 2. The Balaban J connectivity index is 1.40. The Bertz CT molecular complexity index is 1040. The van der Waals surface area contributed by atoms with Gasteiger partial charge < -0.3 is 19.3 Å². The number of rotatable bonds is 3. The molecule has 2 amide bonds. The van der Waals surface area contributed by atoms with E-state index in [-0.39, 0.29) is 17.4 Å². The monoisotopic (exact) mass is 462 g/mol. The average molecular weight is 462 g/mol. The van der Waals surface area contributed by atoms with E-state index in [2.05, 4.69) is 0 Å². The van der Waals surface area contributed by atoms with E-state index in [4.69, 9.17) is 9.47 Å². The van der Waals surface area contributed by atoms with E-state index in [1.54, 1.807) is 15.9 Å². The summed E-state index contributed by atoms with van der Waals surface area (Å²) in [4.78, 5) is 29.3. The standard InChI is InChI=1S/C24H25F3N2O4/c1-23(2,18-7-8-19-20(15-18)33-14-13-32-19)22(31)29-11-9-28(10-12-29)21(30)16-3-5-17(6-4-16)24(25,26)27/h3-8,15H,9-14H2,1-2H3. The van der Waals surface area contributed by atoms with E-state index in [0.29, 0.717) is 50.9 Å². The predicted octanol–water partition coefficient (Wildman–Crippen LogP) is 3.74. The SMILES string of the molecule is CC(C)(C(=O)N1CCN(C(=O)c2ccc(C(F)(F)F)cc2)CC1)c1ccc2c(c1)OCCO2. The van der Waals surface area contributed by atoms with Crippen LogP contribution in [0.5, 0.6) is 11.5 Å². The molecular formula is C24H25F3N2O4. The highest BCUT2D eigenvalue weighted by molar-refractivity contribution is 5.94. The van der Waals surface area contributed by atoms with Gasteiger partial charge in [-0.3, -0.25) is 9.59 Å². The Morgan fingerprint density at radius 1 is 0.788 bits per heavy atom. The number of halogens is 3. The highest BCUT2D eigenvalue weighted by atomic mass is 19.4. The second-order valence-electron chi connectivity index (χ2n) is 8.64. The van der Waals surface area contributed by atoms with Crippen LogP contribution in [-0.4, -0.2) is 61.0 Å². The third-order valence-electron chi connectivity index (χ3n) is 6.11. The molecule has 0 aliphatic carbocycles. The molecule has 2 aliphatic heterocycles. The van der Waals surface area contributed by atoms with Crippen LogP contribution in [0.1, 0.15) is 35.3 Å². The van der Waals surface area contributed by atoms with Gasteiger partial charge in [0.25, 0.3) is 5.91 Å². The van der Waals surface area contributed by atoms with Crippen molar-refractivity contribution in [2.45, 2.75) is 25.4 Å². The number of amides is 2. The van der Waals surface area contributed by atoms with Gasteiger partial charge in [0, 0.05) is 31.7 Å². The number of piperazine rings is 1. The second kappa shape index (κ2) is 8.61. The number of fused-ring (bicyclic) bond motifs is 1.